The molecular formula is C20H30N2O3. The van der Waals surface area contributed by atoms with Crippen LogP contribution in [0.1, 0.15) is 68.6 Å². The van der Waals surface area contributed by atoms with Crippen molar-refractivity contribution in [2.75, 3.05) is 19.7 Å². The van der Waals surface area contributed by atoms with Crippen molar-refractivity contribution in [3.05, 3.63) is 23.9 Å². The first kappa shape index (κ1) is 18.2. The Bertz CT molecular complexity index is 570. The molecule has 1 saturated carbocycles. The van der Waals surface area contributed by atoms with E-state index >= 15 is 0 Å². The molecule has 1 saturated heterocycles. The summed E-state index contributed by atoms with van der Waals surface area (Å²) in [6.45, 7) is 3.73. The van der Waals surface area contributed by atoms with Gasteiger partial charge in [0, 0.05) is 37.5 Å². The maximum Gasteiger partial charge on any atom is 0.254 e. The van der Waals surface area contributed by atoms with Crippen molar-refractivity contribution in [3.8, 4) is 5.88 Å². The van der Waals surface area contributed by atoms with Gasteiger partial charge in [0.1, 0.15) is 6.10 Å². The van der Waals surface area contributed by atoms with Crippen molar-refractivity contribution >= 4 is 5.91 Å². The maximum atomic E-state index is 12.8. The molecule has 5 heteroatoms. The number of ether oxygens (including phenoxy) is 1. The number of likely N-dealkylation sites (tertiary alicyclic amines) is 1. The van der Waals surface area contributed by atoms with Gasteiger partial charge in [-0.3, -0.25) is 4.79 Å². The second-order valence-electron chi connectivity index (χ2n) is 7.56. The summed E-state index contributed by atoms with van der Waals surface area (Å²) >= 11 is 0. The average molecular weight is 346 g/mol. The Labute approximate surface area is 150 Å². The Morgan fingerprint density at radius 2 is 2.04 bits per heavy atom. The first-order valence-corrected chi connectivity index (χ1v) is 9.69. The number of carbonyl (C=O) groups is 1. The summed E-state index contributed by atoms with van der Waals surface area (Å²) in [7, 11) is 0. The van der Waals surface area contributed by atoms with Crippen molar-refractivity contribution < 1.29 is 14.6 Å². The molecule has 3 rings (SSSR count). The maximum absolute atomic E-state index is 12.8. The van der Waals surface area contributed by atoms with Crippen molar-refractivity contribution in [2.45, 2.75) is 64.4 Å². The Hall–Kier alpha value is -1.62. The summed E-state index contributed by atoms with van der Waals surface area (Å²) < 4.78 is 5.99. The summed E-state index contributed by atoms with van der Waals surface area (Å²) in [5, 5.41) is 9.65. The predicted molar refractivity (Wildman–Crippen MR) is 96.7 cm³/mol. The van der Waals surface area contributed by atoms with Crippen LogP contribution >= 0.6 is 0 Å². The van der Waals surface area contributed by atoms with Crippen LogP contribution < -0.4 is 4.74 Å². The number of carbonyl (C=O) groups excluding carboxylic acids is 1. The third kappa shape index (κ3) is 4.32. The van der Waals surface area contributed by atoms with Crippen LogP contribution in [0.15, 0.2) is 18.3 Å². The molecular weight excluding hydrogens is 316 g/mol. The van der Waals surface area contributed by atoms with Crippen molar-refractivity contribution in [1.29, 1.82) is 0 Å². The van der Waals surface area contributed by atoms with Crippen LogP contribution in [-0.2, 0) is 0 Å². The molecule has 138 valence electrons. The quantitative estimate of drug-likeness (QED) is 0.887. The van der Waals surface area contributed by atoms with Gasteiger partial charge in [0.15, 0.2) is 0 Å². The van der Waals surface area contributed by atoms with Crippen molar-refractivity contribution in [2.24, 2.45) is 5.41 Å². The van der Waals surface area contributed by atoms with E-state index in [1.54, 1.807) is 18.3 Å². The Morgan fingerprint density at radius 1 is 1.32 bits per heavy atom. The molecule has 1 aromatic heterocycles. The molecule has 25 heavy (non-hydrogen) atoms. The fraction of sp³-hybridized carbons (Fsp3) is 0.700. The van der Waals surface area contributed by atoms with Gasteiger partial charge in [0.25, 0.3) is 5.91 Å². The number of aliphatic hydroxyl groups excluding tert-OH is 1. The van der Waals surface area contributed by atoms with Gasteiger partial charge in [-0.2, -0.15) is 0 Å². The Balaban J connectivity index is 1.61. The molecule has 0 bridgehead atoms. The number of hydrogen-bond donors (Lipinski definition) is 1. The molecule has 0 unspecified atom stereocenters. The lowest BCUT2D eigenvalue weighted by atomic mass is 9.77. The molecule has 0 aromatic carbocycles. The highest BCUT2D eigenvalue weighted by atomic mass is 16.5. The molecule has 2 fully saturated rings. The fourth-order valence-corrected chi connectivity index (χ4v) is 3.95. The van der Waals surface area contributed by atoms with Gasteiger partial charge < -0.3 is 14.7 Å². The first-order chi connectivity index (χ1) is 12.2. The second-order valence-corrected chi connectivity index (χ2v) is 7.56. The van der Waals surface area contributed by atoms with Crippen molar-refractivity contribution in [1.82, 2.24) is 9.88 Å². The molecule has 5 nitrogen and oxygen atoms in total. The van der Waals surface area contributed by atoms with E-state index in [2.05, 4.69) is 11.9 Å². The lowest BCUT2D eigenvalue weighted by Crippen LogP contribution is -2.44. The molecule has 1 aliphatic carbocycles. The minimum Gasteiger partial charge on any atom is -0.474 e. The highest BCUT2D eigenvalue weighted by molar-refractivity contribution is 5.94. The summed E-state index contributed by atoms with van der Waals surface area (Å²) in [5.41, 5.74) is 0.637. The zero-order valence-electron chi connectivity index (χ0n) is 15.2. The third-order valence-corrected chi connectivity index (χ3v) is 6.02. The van der Waals surface area contributed by atoms with E-state index < -0.39 is 0 Å². The van der Waals surface area contributed by atoms with Crippen LogP contribution in [0.5, 0.6) is 5.88 Å². The lowest BCUT2D eigenvalue weighted by Gasteiger charge is -2.40. The van der Waals surface area contributed by atoms with Crippen LogP contribution in [0.3, 0.4) is 0 Å². The molecule has 0 spiro atoms. The van der Waals surface area contributed by atoms with Gasteiger partial charge in [0.2, 0.25) is 5.88 Å². The van der Waals surface area contributed by atoms with Crippen LogP contribution in [-0.4, -0.2) is 46.7 Å². The number of rotatable bonds is 5. The zero-order valence-corrected chi connectivity index (χ0v) is 15.2. The van der Waals surface area contributed by atoms with Crippen LogP contribution in [0.2, 0.25) is 0 Å². The van der Waals surface area contributed by atoms with E-state index in [0.717, 1.165) is 32.1 Å². The highest BCUT2D eigenvalue weighted by Crippen LogP contribution is 2.34. The number of amides is 1. The van der Waals surface area contributed by atoms with E-state index in [1.165, 1.54) is 19.3 Å². The van der Waals surface area contributed by atoms with E-state index in [0.29, 0.717) is 24.5 Å². The largest absolute Gasteiger partial charge is 0.474 e. The second kappa shape index (κ2) is 8.17. The summed E-state index contributed by atoms with van der Waals surface area (Å²) in [6, 6.07) is 3.55. The molecule has 1 amide bonds. The number of aliphatic hydroxyl groups is 1. The smallest absolute Gasteiger partial charge is 0.254 e. The normalized spacial score (nSPS) is 21.1. The Morgan fingerprint density at radius 3 is 2.68 bits per heavy atom. The van der Waals surface area contributed by atoms with Gasteiger partial charge in [-0.05, 0) is 56.4 Å². The van der Waals surface area contributed by atoms with E-state index in [4.69, 9.17) is 4.74 Å². The van der Waals surface area contributed by atoms with Crippen molar-refractivity contribution in [3.63, 3.8) is 0 Å². The van der Waals surface area contributed by atoms with Gasteiger partial charge in [-0.15, -0.1) is 0 Å². The SMILES string of the molecule is CCC1(CO)CCN(C(=O)c2ccnc(OC3CCCCC3)c2)CC1. The fourth-order valence-electron chi connectivity index (χ4n) is 3.95. The topological polar surface area (TPSA) is 62.7 Å². The minimum atomic E-state index is -0.00965. The minimum absolute atomic E-state index is 0.00965. The van der Waals surface area contributed by atoms with Gasteiger partial charge >= 0.3 is 0 Å². The zero-order chi connectivity index (χ0) is 17.7. The molecule has 0 atom stereocenters. The number of piperidine rings is 1. The van der Waals surface area contributed by atoms with E-state index in [1.807, 2.05) is 4.90 Å². The summed E-state index contributed by atoms with van der Waals surface area (Å²) in [6.07, 6.45) is 10.4. The first-order valence-electron chi connectivity index (χ1n) is 9.69. The number of aromatic nitrogens is 1. The van der Waals surface area contributed by atoms with Crippen LogP contribution in [0, 0.1) is 5.41 Å². The average Bonchev–Trinajstić information content (AvgIpc) is 2.68. The van der Waals surface area contributed by atoms with E-state index in [9.17, 15) is 9.90 Å². The Kier molecular flexibility index (Phi) is 5.94. The van der Waals surface area contributed by atoms with Crippen LogP contribution in [0.4, 0.5) is 0 Å². The molecule has 2 aliphatic rings. The third-order valence-electron chi connectivity index (χ3n) is 6.02. The standard InChI is InChI=1S/C20H30N2O3/c1-2-20(15-23)9-12-22(13-10-20)19(24)16-8-11-21-18(14-16)25-17-6-4-3-5-7-17/h8,11,14,17,23H,2-7,9-10,12-13,15H2,1H3. The predicted octanol–water partition coefficient (Wildman–Crippen LogP) is 3.42. The molecule has 0 radical (unpaired) electrons. The summed E-state index contributed by atoms with van der Waals surface area (Å²) in [5.74, 6) is 0.603. The summed E-state index contributed by atoms with van der Waals surface area (Å²) in [4.78, 5) is 19.0. The van der Waals surface area contributed by atoms with Crippen LogP contribution in [0.25, 0.3) is 0 Å². The number of nitrogens with zero attached hydrogens (tertiary/aromatic N) is 2. The van der Waals surface area contributed by atoms with Gasteiger partial charge in [-0.1, -0.05) is 13.3 Å². The number of hydrogen-bond acceptors (Lipinski definition) is 4. The highest BCUT2D eigenvalue weighted by Gasteiger charge is 2.34. The number of pyridine rings is 1. The van der Waals surface area contributed by atoms with Gasteiger partial charge in [-0.25, -0.2) is 4.98 Å². The monoisotopic (exact) mass is 346 g/mol. The molecule has 1 aromatic rings. The van der Waals surface area contributed by atoms with Gasteiger partial charge in [0.05, 0.1) is 0 Å². The molecule has 1 aliphatic heterocycles. The van der Waals surface area contributed by atoms with E-state index in [-0.39, 0.29) is 24.0 Å². The molecule has 1 N–H and O–H groups in total. The molecule has 2 heterocycles. The lowest BCUT2D eigenvalue weighted by molar-refractivity contribution is 0.0337.